The number of amides is 1. The number of esters is 1. The molecule has 28 heavy (non-hydrogen) atoms. The molecule has 1 aromatic rings. The molecule has 1 fully saturated rings. The van der Waals surface area contributed by atoms with E-state index in [0.717, 1.165) is 15.3 Å². The van der Waals surface area contributed by atoms with E-state index in [1.807, 2.05) is 6.92 Å². The van der Waals surface area contributed by atoms with E-state index in [1.165, 1.54) is 7.11 Å². The summed E-state index contributed by atoms with van der Waals surface area (Å²) in [5, 5.41) is 0.102. The van der Waals surface area contributed by atoms with Gasteiger partial charge in [-0.05, 0) is 32.4 Å². The molecule has 2 aliphatic rings. The maximum Gasteiger partial charge on any atom is 0.417 e. The van der Waals surface area contributed by atoms with Crippen molar-refractivity contribution in [3.05, 3.63) is 23.8 Å². The van der Waals surface area contributed by atoms with E-state index in [-0.39, 0.29) is 12.6 Å². The fourth-order valence-corrected chi connectivity index (χ4v) is 9.53. The van der Waals surface area contributed by atoms with Crippen molar-refractivity contribution in [2.75, 3.05) is 19.4 Å². The highest BCUT2D eigenvalue weighted by atomic mass is 31.2. The third-order valence-corrected chi connectivity index (χ3v) is 11.9. The summed E-state index contributed by atoms with van der Waals surface area (Å²) in [4.78, 5) is 25.5. The number of methoxy groups -OCH3 is 1. The molecule has 2 heterocycles. The largest absolute Gasteiger partial charge is 0.467 e. The van der Waals surface area contributed by atoms with Crippen molar-refractivity contribution < 1.29 is 28.2 Å². The van der Waals surface area contributed by atoms with Crippen LogP contribution in [0, 0.1) is 0 Å². The van der Waals surface area contributed by atoms with Gasteiger partial charge in [0.25, 0.3) is 0 Å². The van der Waals surface area contributed by atoms with Crippen LogP contribution in [0.1, 0.15) is 40.2 Å². The lowest BCUT2D eigenvalue weighted by molar-refractivity contribution is -0.144. The molecular formula is C19H27NO6P2. The number of hydrogen-bond donors (Lipinski definition) is 0. The molecule has 0 aliphatic carbocycles. The maximum atomic E-state index is 13.6. The van der Waals surface area contributed by atoms with Crippen molar-refractivity contribution in [3.8, 4) is 0 Å². The molecule has 0 aromatic heterocycles. The van der Waals surface area contributed by atoms with Gasteiger partial charge >= 0.3 is 12.1 Å². The zero-order valence-electron chi connectivity index (χ0n) is 17.1. The Kier molecular flexibility index (Phi) is 4.88. The van der Waals surface area contributed by atoms with Gasteiger partial charge in [-0.25, -0.2) is 14.3 Å². The van der Waals surface area contributed by atoms with Gasteiger partial charge in [-0.3, -0.25) is 4.57 Å². The molecule has 2 aliphatic heterocycles. The fraction of sp³-hybridized carbons (Fsp3) is 0.579. The van der Waals surface area contributed by atoms with Gasteiger partial charge in [-0.15, -0.1) is 0 Å². The molecule has 2 unspecified atom stereocenters. The summed E-state index contributed by atoms with van der Waals surface area (Å²) in [7, 11) is -4.52. The number of hydrogen-bond acceptors (Lipinski definition) is 6. The van der Waals surface area contributed by atoms with Crippen molar-refractivity contribution >= 4 is 37.1 Å². The molecule has 1 aromatic carbocycles. The molecule has 1 saturated heterocycles. The molecule has 0 saturated carbocycles. The molecule has 1 amide bonds. The van der Waals surface area contributed by atoms with Crippen LogP contribution in [-0.2, 0) is 29.8 Å². The second-order valence-corrected chi connectivity index (χ2v) is 14.4. The number of nitrogens with zero attached hydrogens (tertiary/aromatic N) is 1. The van der Waals surface area contributed by atoms with Crippen molar-refractivity contribution in [1.82, 2.24) is 4.67 Å². The van der Waals surface area contributed by atoms with Crippen LogP contribution >= 0.6 is 14.4 Å². The van der Waals surface area contributed by atoms with Crippen molar-refractivity contribution in [2.24, 2.45) is 0 Å². The molecule has 9 heteroatoms. The summed E-state index contributed by atoms with van der Waals surface area (Å²) in [6, 6.07) is 5.39. The van der Waals surface area contributed by atoms with Gasteiger partial charge in [0, 0.05) is 29.4 Å². The van der Waals surface area contributed by atoms with Crippen LogP contribution in [0.25, 0.3) is 0 Å². The highest BCUT2D eigenvalue weighted by Gasteiger charge is 2.80. The minimum Gasteiger partial charge on any atom is -0.467 e. The third kappa shape index (κ3) is 2.86. The van der Waals surface area contributed by atoms with Gasteiger partial charge in [-0.2, -0.15) is 0 Å². The number of benzene rings is 1. The van der Waals surface area contributed by atoms with Gasteiger partial charge in [0.2, 0.25) is 12.6 Å². The van der Waals surface area contributed by atoms with Crippen LogP contribution in [0.15, 0.2) is 18.2 Å². The first-order chi connectivity index (χ1) is 12.9. The lowest BCUT2D eigenvalue weighted by Crippen LogP contribution is -2.37. The Morgan fingerprint density at radius 2 is 1.75 bits per heavy atom. The molecule has 0 bridgehead atoms. The van der Waals surface area contributed by atoms with Crippen molar-refractivity contribution in [3.63, 3.8) is 0 Å². The molecule has 3 rings (SSSR count). The maximum absolute atomic E-state index is 13.6. The van der Waals surface area contributed by atoms with E-state index < -0.39 is 37.4 Å². The second-order valence-electron chi connectivity index (χ2n) is 8.17. The van der Waals surface area contributed by atoms with E-state index in [2.05, 4.69) is 0 Å². The Bertz CT molecular complexity index is 950. The predicted molar refractivity (Wildman–Crippen MR) is 109 cm³/mol. The van der Waals surface area contributed by atoms with E-state index in [0.29, 0.717) is 11.7 Å². The lowest BCUT2D eigenvalue weighted by Gasteiger charge is -2.21. The van der Waals surface area contributed by atoms with Gasteiger partial charge in [0.1, 0.15) is 12.7 Å². The van der Waals surface area contributed by atoms with Crippen molar-refractivity contribution in [2.45, 2.75) is 51.9 Å². The minimum atomic E-state index is -3.35. The summed E-state index contributed by atoms with van der Waals surface area (Å²) in [5.41, 5.74) is -0.0823. The summed E-state index contributed by atoms with van der Waals surface area (Å²) >= 11 is 0. The average molecular weight is 427 g/mol. The van der Waals surface area contributed by atoms with Crippen LogP contribution in [0.5, 0.6) is 0 Å². The quantitative estimate of drug-likeness (QED) is 0.407. The molecule has 0 radical (unpaired) electrons. The first-order valence-electron chi connectivity index (χ1n) is 9.35. The zero-order valence-corrected chi connectivity index (χ0v) is 18.9. The third-order valence-electron chi connectivity index (χ3n) is 5.38. The number of rotatable bonds is 5. The first kappa shape index (κ1) is 21.1. The topological polar surface area (TPSA) is 89.8 Å². The van der Waals surface area contributed by atoms with Gasteiger partial charge < -0.3 is 14.0 Å². The van der Waals surface area contributed by atoms with Gasteiger partial charge in [-0.1, -0.05) is 26.0 Å². The summed E-state index contributed by atoms with van der Waals surface area (Å²) in [5.74, 6) is -0.716. The molecular weight excluding hydrogens is 400 g/mol. The SMILES string of the molecule is CCP1(=O)c2ccc(C[C@@]3(C(=O)OC)N(C(=O)OC(C)(C)C)P3(=O)CC)cc21. The summed E-state index contributed by atoms with van der Waals surface area (Å²) < 4.78 is 37.7. The second kappa shape index (κ2) is 6.47. The van der Waals surface area contributed by atoms with Gasteiger partial charge in [0.15, 0.2) is 0 Å². The summed E-state index contributed by atoms with van der Waals surface area (Å²) in [6.07, 6.45) is -0.0411. The highest BCUT2D eigenvalue weighted by molar-refractivity contribution is 7.89. The molecule has 3 atom stereocenters. The molecule has 7 nitrogen and oxygen atoms in total. The lowest BCUT2D eigenvalue weighted by atomic mass is 10.1. The van der Waals surface area contributed by atoms with Crippen molar-refractivity contribution in [1.29, 1.82) is 0 Å². The monoisotopic (exact) mass is 427 g/mol. The smallest absolute Gasteiger partial charge is 0.417 e. The number of ether oxygens (including phenoxy) is 2. The molecule has 0 spiro atoms. The molecule has 0 N–H and O–H groups in total. The van der Waals surface area contributed by atoms with Crippen LogP contribution in [0.4, 0.5) is 4.79 Å². The van der Waals surface area contributed by atoms with Gasteiger partial charge in [0.05, 0.1) is 7.11 Å². The minimum absolute atomic E-state index is 0.0427. The Morgan fingerprint density at radius 3 is 2.25 bits per heavy atom. The van der Waals surface area contributed by atoms with E-state index in [1.54, 1.807) is 45.9 Å². The number of carbonyl (C=O) groups is 2. The normalized spacial score (nSPS) is 30.4. The van der Waals surface area contributed by atoms with Crippen LogP contribution < -0.4 is 10.6 Å². The van der Waals surface area contributed by atoms with Crippen LogP contribution in [-0.4, -0.2) is 47.0 Å². The molecule has 154 valence electrons. The standard InChI is InChI=1S/C19H27NO6P2/c1-7-27(23)14-10-9-13(11-15(14)27)12-19(16(21)25-6)20(28(19,24)8-2)17(22)26-18(3,4)5/h9-11H,7-8,12H2,1-6H3/t19-,20?,27?,28?/m1/s1. The Labute approximate surface area is 165 Å². The Hall–Kier alpha value is -1.58. The van der Waals surface area contributed by atoms with Crippen LogP contribution in [0.2, 0.25) is 0 Å². The van der Waals surface area contributed by atoms with Crippen LogP contribution in [0.3, 0.4) is 0 Å². The van der Waals surface area contributed by atoms with E-state index in [4.69, 9.17) is 9.47 Å². The van der Waals surface area contributed by atoms with E-state index >= 15 is 0 Å². The predicted octanol–water partition coefficient (Wildman–Crippen LogP) is 3.29. The zero-order chi connectivity index (χ0) is 21.1. The highest BCUT2D eigenvalue weighted by Crippen LogP contribution is 2.81. The Balaban J connectivity index is 1.98. The fourth-order valence-electron chi connectivity index (χ4n) is 3.87. The number of carbonyl (C=O) groups excluding carboxylic acids is 2. The Morgan fingerprint density at radius 1 is 1.11 bits per heavy atom. The summed E-state index contributed by atoms with van der Waals surface area (Å²) in [6.45, 7) is 8.69. The first-order valence-corrected chi connectivity index (χ1v) is 13.1. The average Bonchev–Trinajstić information content (AvgIpc) is 3.42. The number of fused-ring (bicyclic) bond motifs is 1. The van der Waals surface area contributed by atoms with E-state index in [9.17, 15) is 18.7 Å².